The second-order valence-electron chi connectivity index (χ2n) is 5.71. The third kappa shape index (κ3) is 2.52. The van der Waals surface area contributed by atoms with Crippen LogP contribution in [0.25, 0.3) is 0 Å². The highest BCUT2D eigenvalue weighted by Gasteiger charge is 2.55. The fourth-order valence-corrected chi connectivity index (χ4v) is 3.65. The molecule has 0 bridgehead atoms. The summed E-state index contributed by atoms with van der Waals surface area (Å²) < 4.78 is 5.57. The van der Waals surface area contributed by atoms with Gasteiger partial charge in [-0.2, -0.15) is 0 Å². The van der Waals surface area contributed by atoms with Crippen LogP contribution in [0.15, 0.2) is 35.8 Å². The average Bonchev–Trinajstić information content (AvgIpc) is 3.19. The molecule has 1 aromatic carbocycles. The molecule has 1 atom stereocenters. The number of nitrogens with zero attached hydrogens (tertiary/aromatic N) is 2. The van der Waals surface area contributed by atoms with Crippen molar-refractivity contribution in [2.75, 3.05) is 18.5 Å². The van der Waals surface area contributed by atoms with E-state index in [4.69, 9.17) is 4.74 Å². The molecule has 1 fully saturated rings. The number of benzene rings is 1. The minimum absolute atomic E-state index is 0.308. The van der Waals surface area contributed by atoms with Gasteiger partial charge in [0.05, 0.1) is 6.61 Å². The van der Waals surface area contributed by atoms with Crippen LogP contribution in [0.1, 0.15) is 12.0 Å². The highest BCUT2D eigenvalue weighted by atomic mass is 32.1. The van der Waals surface area contributed by atoms with Crippen molar-refractivity contribution in [3.63, 3.8) is 0 Å². The summed E-state index contributed by atoms with van der Waals surface area (Å²) >= 11 is 1.26. The summed E-state index contributed by atoms with van der Waals surface area (Å²) in [5.41, 5.74) is -0.560. The van der Waals surface area contributed by atoms with E-state index in [1.54, 1.807) is 35.8 Å². The zero-order valence-corrected chi connectivity index (χ0v) is 13.8. The monoisotopic (exact) mass is 358 g/mol. The van der Waals surface area contributed by atoms with E-state index in [9.17, 15) is 14.4 Å². The van der Waals surface area contributed by atoms with Gasteiger partial charge in [0.2, 0.25) is 5.91 Å². The van der Waals surface area contributed by atoms with Gasteiger partial charge in [-0.05, 0) is 6.07 Å². The summed E-state index contributed by atoms with van der Waals surface area (Å²) in [6, 6.07) is 6.51. The molecule has 25 heavy (non-hydrogen) atoms. The van der Waals surface area contributed by atoms with E-state index in [2.05, 4.69) is 15.6 Å². The van der Waals surface area contributed by atoms with Gasteiger partial charge in [0, 0.05) is 23.6 Å². The highest BCUT2D eigenvalue weighted by molar-refractivity contribution is 7.13. The first-order valence-corrected chi connectivity index (χ1v) is 8.54. The Kier molecular flexibility index (Phi) is 3.65. The van der Waals surface area contributed by atoms with Crippen LogP contribution >= 0.6 is 11.3 Å². The van der Waals surface area contributed by atoms with Gasteiger partial charge in [0.25, 0.3) is 5.91 Å². The van der Waals surface area contributed by atoms with Gasteiger partial charge in [0.15, 0.2) is 10.7 Å². The van der Waals surface area contributed by atoms with Gasteiger partial charge in [-0.3, -0.25) is 14.5 Å². The van der Waals surface area contributed by atoms with Crippen LogP contribution in [0.2, 0.25) is 0 Å². The number of hydrogen-bond acceptors (Lipinski definition) is 6. The Labute approximate surface area is 146 Å². The average molecular weight is 358 g/mol. The van der Waals surface area contributed by atoms with Crippen LogP contribution in [-0.4, -0.2) is 40.9 Å². The minimum Gasteiger partial charge on any atom is -0.493 e. The number of urea groups is 1. The number of fused-ring (bicyclic) bond motifs is 2. The Morgan fingerprint density at radius 3 is 3.04 bits per heavy atom. The van der Waals surface area contributed by atoms with Crippen LogP contribution in [0.4, 0.5) is 9.93 Å². The molecule has 4 amide bonds. The summed E-state index contributed by atoms with van der Waals surface area (Å²) in [5.74, 6) is -0.352. The Morgan fingerprint density at radius 2 is 2.24 bits per heavy atom. The normalized spacial score (nSPS) is 21.7. The fraction of sp³-hybridized carbons (Fsp3) is 0.250. The number of carbonyl (C=O) groups is 3. The molecule has 0 saturated carbocycles. The van der Waals surface area contributed by atoms with E-state index >= 15 is 0 Å². The molecular formula is C16H14N4O4S. The maximum absolute atomic E-state index is 13.0. The summed E-state index contributed by atoms with van der Waals surface area (Å²) in [5, 5.41) is 7.46. The van der Waals surface area contributed by atoms with E-state index in [-0.39, 0.29) is 6.54 Å². The van der Waals surface area contributed by atoms with Crippen LogP contribution in [0, 0.1) is 0 Å². The smallest absolute Gasteiger partial charge is 0.325 e. The van der Waals surface area contributed by atoms with Crippen LogP contribution in [0.5, 0.6) is 5.75 Å². The predicted octanol–water partition coefficient (Wildman–Crippen LogP) is 1.31. The van der Waals surface area contributed by atoms with Gasteiger partial charge in [-0.1, -0.05) is 18.2 Å². The molecule has 0 unspecified atom stereocenters. The standard InChI is InChI=1S/C16H14N4O4S/c21-12(18-14-17-6-8-25-14)9-20-13(22)16(19-15(20)23)5-7-24-11-4-2-1-3-10(11)16/h1-4,6,8H,5,7,9H2,(H,19,23)(H,17,18,21)/t16-/m0/s1. The molecule has 8 nitrogen and oxygen atoms in total. The molecule has 128 valence electrons. The van der Waals surface area contributed by atoms with E-state index in [0.717, 1.165) is 4.90 Å². The lowest BCUT2D eigenvalue weighted by Crippen LogP contribution is -2.48. The predicted molar refractivity (Wildman–Crippen MR) is 89.2 cm³/mol. The zero-order chi connectivity index (χ0) is 17.4. The number of para-hydroxylation sites is 1. The molecule has 0 radical (unpaired) electrons. The van der Waals surface area contributed by atoms with Crippen LogP contribution in [-0.2, 0) is 15.1 Å². The molecule has 2 N–H and O–H groups in total. The number of ether oxygens (including phenoxy) is 1. The van der Waals surface area contributed by atoms with Crippen molar-refractivity contribution in [3.05, 3.63) is 41.4 Å². The van der Waals surface area contributed by atoms with Crippen molar-refractivity contribution in [3.8, 4) is 5.75 Å². The first kappa shape index (κ1) is 15.6. The number of hydrogen-bond donors (Lipinski definition) is 2. The second-order valence-corrected chi connectivity index (χ2v) is 6.60. The van der Waals surface area contributed by atoms with Crippen LogP contribution in [0.3, 0.4) is 0 Å². The quantitative estimate of drug-likeness (QED) is 0.806. The maximum Gasteiger partial charge on any atom is 0.325 e. The van der Waals surface area contributed by atoms with E-state index in [1.165, 1.54) is 11.3 Å². The van der Waals surface area contributed by atoms with E-state index in [1.807, 2.05) is 0 Å². The summed E-state index contributed by atoms with van der Waals surface area (Å²) in [7, 11) is 0. The molecule has 9 heteroatoms. The second kappa shape index (κ2) is 5.85. The molecule has 1 spiro atoms. The van der Waals surface area contributed by atoms with Gasteiger partial charge >= 0.3 is 6.03 Å². The van der Waals surface area contributed by atoms with Gasteiger partial charge in [-0.15, -0.1) is 11.3 Å². The molecular weight excluding hydrogens is 344 g/mol. The van der Waals surface area contributed by atoms with Crippen molar-refractivity contribution < 1.29 is 19.1 Å². The molecule has 2 aliphatic rings. The number of carbonyl (C=O) groups excluding carboxylic acids is 3. The van der Waals surface area contributed by atoms with Gasteiger partial charge in [-0.25, -0.2) is 9.78 Å². The number of rotatable bonds is 3. The Morgan fingerprint density at radius 1 is 1.40 bits per heavy atom. The lowest BCUT2D eigenvalue weighted by atomic mass is 9.84. The number of nitrogens with one attached hydrogen (secondary N) is 2. The Bertz CT molecular complexity index is 854. The SMILES string of the molecule is O=C(CN1C(=O)N[C@]2(CCOc3ccccc32)C1=O)Nc1nccs1. The minimum atomic E-state index is -1.17. The topological polar surface area (TPSA) is 101 Å². The Balaban J connectivity index is 1.58. The van der Waals surface area contributed by atoms with Crippen LogP contribution < -0.4 is 15.4 Å². The summed E-state index contributed by atoms with van der Waals surface area (Å²) in [6.07, 6.45) is 1.88. The van der Waals surface area contributed by atoms with Crippen molar-refractivity contribution in [2.45, 2.75) is 12.0 Å². The summed E-state index contributed by atoms with van der Waals surface area (Å²) in [4.78, 5) is 42.4. The fourth-order valence-electron chi connectivity index (χ4n) is 3.10. The zero-order valence-electron chi connectivity index (χ0n) is 13.0. The number of aromatic nitrogens is 1. The first-order chi connectivity index (χ1) is 12.1. The summed E-state index contributed by atoms with van der Waals surface area (Å²) in [6.45, 7) is -0.0583. The Hall–Kier alpha value is -2.94. The van der Waals surface area contributed by atoms with Crippen molar-refractivity contribution in [1.29, 1.82) is 0 Å². The number of imide groups is 1. The number of anilines is 1. The van der Waals surface area contributed by atoms with Crippen molar-refractivity contribution in [2.24, 2.45) is 0 Å². The third-order valence-electron chi connectivity index (χ3n) is 4.24. The van der Waals surface area contributed by atoms with Crippen molar-refractivity contribution in [1.82, 2.24) is 15.2 Å². The molecule has 3 heterocycles. The third-order valence-corrected chi connectivity index (χ3v) is 4.93. The number of amides is 4. The lowest BCUT2D eigenvalue weighted by molar-refractivity contribution is -0.135. The van der Waals surface area contributed by atoms with E-state index in [0.29, 0.717) is 29.5 Å². The molecule has 1 aromatic heterocycles. The molecule has 2 aliphatic heterocycles. The molecule has 0 aliphatic carbocycles. The lowest BCUT2D eigenvalue weighted by Gasteiger charge is -2.33. The van der Waals surface area contributed by atoms with Gasteiger partial charge < -0.3 is 15.4 Å². The molecule has 2 aromatic rings. The van der Waals surface area contributed by atoms with E-state index < -0.39 is 23.4 Å². The number of thiazole rings is 1. The molecule has 1 saturated heterocycles. The van der Waals surface area contributed by atoms with Crippen molar-refractivity contribution >= 4 is 34.3 Å². The maximum atomic E-state index is 13.0. The largest absolute Gasteiger partial charge is 0.493 e. The first-order valence-electron chi connectivity index (χ1n) is 7.66. The van der Waals surface area contributed by atoms with Gasteiger partial charge in [0.1, 0.15) is 12.3 Å². The highest BCUT2D eigenvalue weighted by Crippen LogP contribution is 2.40. The molecule has 4 rings (SSSR count).